The van der Waals surface area contributed by atoms with Crippen LogP contribution in [-0.4, -0.2) is 7.11 Å². The fraction of sp³-hybridized carbons (Fsp3) is 0.294. The van der Waals surface area contributed by atoms with Crippen LogP contribution >= 0.6 is 0 Å². The highest BCUT2D eigenvalue weighted by Crippen LogP contribution is 2.33. The highest BCUT2D eigenvalue weighted by atomic mass is 16.5. The van der Waals surface area contributed by atoms with Crippen LogP contribution in [-0.2, 0) is 12.8 Å². The highest BCUT2D eigenvalue weighted by Gasteiger charge is 2.19. The summed E-state index contributed by atoms with van der Waals surface area (Å²) in [6, 6.07) is 17.4. The number of hydrogen-bond donors (Lipinski definition) is 0. The Hall–Kier alpha value is -1.76. The minimum Gasteiger partial charge on any atom is -0.497 e. The molecule has 1 aliphatic rings. The molecular weight excluding hydrogens is 220 g/mol. The maximum absolute atomic E-state index is 5.21. The molecule has 0 aromatic heterocycles. The van der Waals surface area contributed by atoms with Crippen molar-refractivity contribution in [2.24, 2.45) is 0 Å². The Morgan fingerprint density at radius 3 is 2.39 bits per heavy atom. The van der Waals surface area contributed by atoms with E-state index in [1.54, 1.807) is 7.11 Å². The predicted octanol–water partition coefficient (Wildman–Crippen LogP) is 3.97. The second kappa shape index (κ2) is 4.85. The Kier molecular flexibility index (Phi) is 3.06. The number of rotatable bonds is 2. The molecule has 1 atom stereocenters. The zero-order valence-corrected chi connectivity index (χ0v) is 10.7. The van der Waals surface area contributed by atoms with Gasteiger partial charge in [0.05, 0.1) is 7.11 Å². The van der Waals surface area contributed by atoms with Gasteiger partial charge in [-0.3, -0.25) is 0 Å². The Labute approximate surface area is 108 Å². The van der Waals surface area contributed by atoms with Crippen LogP contribution < -0.4 is 4.74 Å². The summed E-state index contributed by atoms with van der Waals surface area (Å²) in [7, 11) is 1.71. The van der Waals surface area contributed by atoms with Gasteiger partial charge >= 0.3 is 0 Å². The second-order valence-corrected chi connectivity index (χ2v) is 4.98. The van der Waals surface area contributed by atoms with Crippen molar-refractivity contribution in [3.63, 3.8) is 0 Å². The van der Waals surface area contributed by atoms with Gasteiger partial charge in [-0.05, 0) is 54.0 Å². The lowest BCUT2D eigenvalue weighted by molar-refractivity contribution is 0.414. The SMILES string of the molecule is COc1ccc([C@@H]2CCc3ccccc3C2)cc1. The number of aryl methyl sites for hydroxylation is 1. The van der Waals surface area contributed by atoms with Crippen LogP contribution in [0.15, 0.2) is 48.5 Å². The van der Waals surface area contributed by atoms with Gasteiger partial charge in [0.15, 0.2) is 0 Å². The third-order valence-electron chi connectivity index (χ3n) is 3.93. The first-order valence-corrected chi connectivity index (χ1v) is 6.57. The molecule has 92 valence electrons. The van der Waals surface area contributed by atoms with E-state index in [1.807, 2.05) is 0 Å². The van der Waals surface area contributed by atoms with Crippen molar-refractivity contribution >= 4 is 0 Å². The Morgan fingerprint density at radius 1 is 0.944 bits per heavy atom. The quantitative estimate of drug-likeness (QED) is 0.769. The summed E-state index contributed by atoms with van der Waals surface area (Å²) in [6.45, 7) is 0. The van der Waals surface area contributed by atoms with E-state index in [1.165, 1.54) is 36.0 Å². The lowest BCUT2D eigenvalue weighted by atomic mass is 9.80. The summed E-state index contributed by atoms with van der Waals surface area (Å²) in [5, 5.41) is 0. The van der Waals surface area contributed by atoms with Crippen LogP contribution in [0, 0.1) is 0 Å². The van der Waals surface area contributed by atoms with Crippen LogP contribution in [0.25, 0.3) is 0 Å². The number of fused-ring (bicyclic) bond motifs is 1. The fourth-order valence-electron chi connectivity index (χ4n) is 2.86. The number of hydrogen-bond acceptors (Lipinski definition) is 1. The van der Waals surface area contributed by atoms with E-state index < -0.39 is 0 Å². The van der Waals surface area contributed by atoms with Crippen molar-refractivity contribution in [2.45, 2.75) is 25.2 Å². The van der Waals surface area contributed by atoms with E-state index in [-0.39, 0.29) is 0 Å². The number of benzene rings is 2. The lowest BCUT2D eigenvalue weighted by Gasteiger charge is -2.25. The molecule has 0 radical (unpaired) electrons. The molecule has 18 heavy (non-hydrogen) atoms. The number of methoxy groups -OCH3 is 1. The van der Waals surface area contributed by atoms with Crippen molar-refractivity contribution in [3.05, 3.63) is 65.2 Å². The van der Waals surface area contributed by atoms with Crippen LogP contribution in [0.5, 0.6) is 5.75 Å². The molecule has 1 nitrogen and oxygen atoms in total. The monoisotopic (exact) mass is 238 g/mol. The molecule has 0 unspecified atom stereocenters. The zero-order chi connectivity index (χ0) is 12.4. The molecule has 2 aromatic rings. The minimum atomic E-state index is 0.658. The van der Waals surface area contributed by atoms with Crippen LogP contribution in [0.4, 0.5) is 0 Å². The van der Waals surface area contributed by atoms with Gasteiger partial charge in [-0.1, -0.05) is 36.4 Å². The predicted molar refractivity (Wildman–Crippen MR) is 74.2 cm³/mol. The van der Waals surface area contributed by atoms with E-state index in [0.717, 1.165) is 5.75 Å². The highest BCUT2D eigenvalue weighted by molar-refractivity contribution is 5.35. The lowest BCUT2D eigenvalue weighted by Crippen LogP contribution is -2.12. The molecule has 1 aliphatic carbocycles. The van der Waals surface area contributed by atoms with Gasteiger partial charge in [-0.2, -0.15) is 0 Å². The average Bonchev–Trinajstić information content (AvgIpc) is 2.47. The zero-order valence-electron chi connectivity index (χ0n) is 10.7. The van der Waals surface area contributed by atoms with Gasteiger partial charge in [0.1, 0.15) is 5.75 Å². The smallest absolute Gasteiger partial charge is 0.118 e. The topological polar surface area (TPSA) is 9.23 Å². The Balaban J connectivity index is 1.82. The standard InChI is InChI=1S/C17H18O/c1-18-17-10-8-14(9-11-17)16-7-6-13-4-2-3-5-15(13)12-16/h2-5,8-11,16H,6-7,12H2,1H3/t16-/m1/s1. The first kappa shape index (κ1) is 11.3. The third-order valence-corrected chi connectivity index (χ3v) is 3.93. The molecular formula is C17H18O. The molecule has 1 heteroatoms. The van der Waals surface area contributed by atoms with E-state index >= 15 is 0 Å². The van der Waals surface area contributed by atoms with E-state index in [0.29, 0.717) is 5.92 Å². The van der Waals surface area contributed by atoms with Crippen molar-refractivity contribution in [1.82, 2.24) is 0 Å². The van der Waals surface area contributed by atoms with Crippen molar-refractivity contribution in [3.8, 4) is 5.75 Å². The van der Waals surface area contributed by atoms with Gasteiger partial charge in [-0.15, -0.1) is 0 Å². The summed E-state index contributed by atoms with van der Waals surface area (Å²) in [6.07, 6.45) is 3.62. The molecule has 0 fully saturated rings. The summed E-state index contributed by atoms with van der Waals surface area (Å²) < 4.78 is 5.21. The molecule has 0 amide bonds. The Bertz CT molecular complexity index is 528. The molecule has 0 heterocycles. The maximum atomic E-state index is 5.21. The molecule has 0 spiro atoms. The average molecular weight is 238 g/mol. The van der Waals surface area contributed by atoms with Crippen LogP contribution in [0.1, 0.15) is 29.0 Å². The summed E-state index contributed by atoms with van der Waals surface area (Å²) in [5.74, 6) is 1.60. The van der Waals surface area contributed by atoms with Crippen molar-refractivity contribution in [2.75, 3.05) is 7.11 Å². The molecule has 0 bridgehead atoms. The molecule has 0 saturated heterocycles. The van der Waals surface area contributed by atoms with Gasteiger partial charge in [0, 0.05) is 0 Å². The van der Waals surface area contributed by atoms with Gasteiger partial charge < -0.3 is 4.74 Å². The molecule has 0 N–H and O–H groups in total. The van der Waals surface area contributed by atoms with Gasteiger partial charge in [-0.25, -0.2) is 0 Å². The van der Waals surface area contributed by atoms with E-state index in [2.05, 4.69) is 48.5 Å². The summed E-state index contributed by atoms with van der Waals surface area (Å²) >= 11 is 0. The van der Waals surface area contributed by atoms with Gasteiger partial charge in [0.2, 0.25) is 0 Å². The normalized spacial score (nSPS) is 18.2. The van der Waals surface area contributed by atoms with E-state index in [4.69, 9.17) is 4.74 Å². The van der Waals surface area contributed by atoms with Crippen LogP contribution in [0.2, 0.25) is 0 Å². The second-order valence-electron chi connectivity index (χ2n) is 4.98. The minimum absolute atomic E-state index is 0.658. The first-order chi connectivity index (χ1) is 8.86. The molecule has 0 aliphatic heterocycles. The molecule has 3 rings (SSSR count). The third kappa shape index (κ3) is 2.13. The van der Waals surface area contributed by atoms with Crippen molar-refractivity contribution < 1.29 is 4.74 Å². The maximum Gasteiger partial charge on any atom is 0.118 e. The summed E-state index contributed by atoms with van der Waals surface area (Å²) in [4.78, 5) is 0. The van der Waals surface area contributed by atoms with Crippen molar-refractivity contribution in [1.29, 1.82) is 0 Å². The molecule has 0 saturated carbocycles. The Morgan fingerprint density at radius 2 is 1.67 bits per heavy atom. The summed E-state index contributed by atoms with van der Waals surface area (Å²) in [5.41, 5.74) is 4.48. The molecule has 2 aromatic carbocycles. The largest absolute Gasteiger partial charge is 0.497 e. The fourth-order valence-corrected chi connectivity index (χ4v) is 2.86. The van der Waals surface area contributed by atoms with Gasteiger partial charge in [0.25, 0.3) is 0 Å². The number of ether oxygens (including phenoxy) is 1. The van der Waals surface area contributed by atoms with Crippen LogP contribution in [0.3, 0.4) is 0 Å². The first-order valence-electron chi connectivity index (χ1n) is 6.57. The van der Waals surface area contributed by atoms with E-state index in [9.17, 15) is 0 Å².